The van der Waals surface area contributed by atoms with Crippen molar-refractivity contribution in [3.05, 3.63) is 26.3 Å². The first-order valence-electron chi connectivity index (χ1n) is 6.68. The van der Waals surface area contributed by atoms with Crippen molar-refractivity contribution >= 4 is 32.3 Å². The van der Waals surface area contributed by atoms with Gasteiger partial charge in [0.15, 0.2) is 0 Å². The van der Waals surface area contributed by atoms with Crippen LogP contribution in [0.25, 0.3) is 0 Å². The normalized spacial score (nSPS) is 7.69. The zero-order valence-corrected chi connectivity index (χ0v) is 25.9. The summed E-state index contributed by atoms with van der Waals surface area (Å²) in [5.41, 5.74) is 0. The van der Waals surface area contributed by atoms with Gasteiger partial charge in [-0.3, -0.25) is 0 Å². The molecular weight excluding hydrogens is 766 g/mol. The molecule has 0 aromatic carbocycles. The molecule has 0 saturated carbocycles. The zero-order chi connectivity index (χ0) is 21.5. The van der Waals surface area contributed by atoms with Gasteiger partial charge >= 0.3 is 0 Å². The molecule has 26 heavy (non-hydrogen) atoms. The van der Waals surface area contributed by atoms with Gasteiger partial charge in [0.25, 0.3) is 0 Å². The molecule has 0 rings (SSSR count). The van der Waals surface area contributed by atoms with Crippen LogP contribution in [0.3, 0.4) is 0 Å². The number of rotatable bonds is 4. The van der Waals surface area contributed by atoms with Crippen LogP contribution < -0.4 is 0 Å². The fraction of sp³-hybridized carbons (Fsp3) is 0.714. The monoisotopic (exact) mass is 800 g/mol. The van der Waals surface area contributed by atoms with Crippen LogP contribution in [0.2, 0.25) is 0 Å². The van der Waals surface area contributed by atoms with Crippen LogP contribution in [0.5, 0.6) is 0 Å². The van der Waals surface area contributed by atoms with Crippen molar-refractivity contribution in [1.29, 1.82) is 21.0 Å². The second-order valence-corrected chi connectivity index (χ2v) is 16.1. The van der Waals surface area contributed by atoms with Crippen molar-refractivity contribution in [3.8, 4) is 0 Å². The first kappa shape index (κ1) is 50.5. The molecule has 0 unspecified atom stereocenters. The molecule has 0 spiro atoms. The Morgan fingerprint density at radius 3 is 0.500 bits per heavy atom. The average molecular weight is 801 g/mol. The van der Waals surface area contributed by atoms with E-state index in [0.29, 0.717) is 0 Å². The third-order valence-electron chi connectivity index (χ3n) is 2.68. The molecule has 0 aliphatic heterocycles. The van der Waals surface area contributed by atoms with Crippen molar-refractivity contribution in [2.45, 2.75) is 0 Å². The Bertz CT molecular complexity index is 253. The van der Waals surface area contributed by atoms with E-state index in [-0.39, 0.29) is 74.4 Å². The van der Waals surface area contributed by atoms with Crippen LogP contribution in [0.4, 0.5) is 0 Å². The van der Waals surface area contributed by atoms with Crippen molar-refractivity contribution in [2.24, 2.45) is 0 Å². The Hall–Kier alpha value is 0.977. The van der Waals surface area contributed by atoms with E-state index in [0.717, 1.165) is 0 Å². The summed E-state index contributed by atoms with van der Waals surface area (Å²) >= 11 is 0. The minimum absolute atomic E-state index is 0. The van der Waals surface area contributed by atoms with Crippen LogP contribution in [-0.2, 0) is 42.1 Å². The summed E-state index contributed by atoms with van der Waals surface area (Å²) in [7, 11) is 3.94. The molecule has 0 radical (unpaired) electrons. The molecule has 0 bridgehead atoms. The van der Waals surface area contributed by atoms with Gasteiger partial charge in [0.1, 0.15) is 32.3 Å². The molecule has 0 atom stereocenters. The second-order valence-electron chi connectivity index (χ2n) is 4.91. The first-order chi connectivity index (χ1) is 11.1. The number of hydrogen-bond acceptors (Lipinski definition) is 6. The fourth-order valence-electron chi connectivity index (χ4n) is 0.894. The Morgan fingerprint density at radius 1 is 0.423 bits per heavy atom. The molecule has 160 valence electrons. The largest absolute Gasteiger partial charge is 0.512 e. The van der Waals surface area contributed by atoms with E-state index in [4.69, 9.17) is 47.3 Å². The molecule has 0 aliphatic rings. The first-order valence-corrected chi connectivity index (χ1v) is 16.5. The maximum absolute atomic E-state index is 6.25. The second kappa shape index (κ2) is 45.0. The fourth-order valence-corrected chi connectivity index (χ4v) is 8.05. The molecule has 0 aromatic heterocycles. The van der Waals surface area contributed by atoms with Crippen LogP contribution in [0, 0.1) is 47.3 Å². The third kappa shape index (κ3) is 49.8. The maximum Gasteiger partial charge on any atom is 0.102 e. The topological polar surface area (TPSA) is 102 Å². The van der Waals surface area contributed by atoms with E-state index < -0.39 is 0 Å². The quantitative estimate of drug-likeness (QED) is 0.318. The zero-order valence-electron chi connectivity index (χ0n) is 17.3. The molecule has 0 heterocycles. The smallest absolute Gasteiger partial charge is 0.102 e. The summed E-state index contributed by atoms with van der Waals surface area (Å²) in [5.74, 6) is 0. The summed E-state index contributed by atoms with van der Waals surface area (Å²) < 4.78 is 5.07. The maximum atomic E-state index is 6.25. The van der Waals surface area contributed by atoms with Gasteiger partial charge in [0.2, 0.25) is 0 Å². The van der Waals surface area contributed by atoms with Gasteiger partial charge in [-0.2, -0.15) is 0 Å². The van der Waals surface area contributed by atoms with Crippen molar-refractivity contribution in [2.75, 3.05) is 67.4 Å². The Balaban J connectivity index is -0.0000000283. The molecular formula is C14H34N6P4Pt2. The minimum Gasteiger partial charge on any atom is -0.512 e. The molecule has 6 nitrogen and oxygen atoms in total. The van der Waals surface area contributed by atoms with Crippen LogP contribution in [0.1, 0.15) is 0 Å². The van der Waals surface area contributed by atoms with Gasteiger partial charge in [0, 0.05) is 42.1 Å². The van der Waals surface area contributed by atoms with E-state index in [1.54, 1.807) is 0 Å². The predicted octanol–water partition coefficient (Wildman–Crippen LogP) is 3.77. The van der Waals surface area contributed by atoms with Crippen LogP contribution >= 0.6 is 32.3 Å². The van der Waals surface area contributed by atoms with Gasteiger partial charge in [-0.1, -0.05) is 8.88 Å². The third-order valence-corrected chi connectivity index (χ3v) is 13.4. The van der Waals surface area contributed by atoms with Gasteiger partial charge in [0.05, 0.1) is 67.4 Å². The summed E-state index contributed by atoms with van der Waals surface area (Å²) in [6, 6.07) is 0. The van der Waals surface area contributed by atoms with Gasteiger partial charge in [-0.25, -0.2) is 0 Å². The summed E-state index contributed by atoms with van der Waals surface area (Å²) in [5, 5.41) is 25.0. The SMILES string of the molecule is CN([PH+](C)C)[PH+](C)C.CN([PH+](C)C)[PH+](C)C.[C-]#N.[C-]#N.[C-]#N.[C-]#N.[Pt].[Pt]. The number of hydrogen-bond donors (Lipinski definition) is 0. The van der Waals surface area contributed by atoms with E-state index in [9.17, 15) is 0 Å². The molecule has 0 fully saturated rings. The molecule has 0 N–H and O–H groups in total. The van der Waals surface area contributed by atoms with E-state index in [2.05, 4.69) is 76.3 Å². The molecule has 0 amide bonds. The minimum atomic E-state index is -0.133. The van der Waals surface area contributed by atoms with Gasteiger partial charge < -0.3 is 47.3 Å². The molecule has 12 heteroatoms. The standard InChI is InChI=1S/2C5H15NP2.4CN.2Pt/c2*1-6(7(2)3)8(4)5;4*1-2;;/h2*1-5H3;;;;;;/q;;4*-1;;/p+4. The Labute approximate surface area is 197 Å². The van der Waals surface area contributed by atoms with E-state index >= 15 is 0 Å². The van der Waals surface area contributed by atoms with E-state index in [1.165, 1.54) is 0 Å². The molecule has 0 saturated heterocycles. The van der Waals surface area contributed by atoms with E-state index in [1.807, 2.05) is 0 Å². The number of nitrogens with zero attached hydrogens (tertiary/aromatic N) is 6. The van der Waals surface area contributed by atoms with Crippen LogP contribution in [-0.4, -0.2) is 76.3 Å². The molecule has 0 aromatic rings. The molecule has 0 aliphatic carbocycles. The van der Waals surface area contributed by atoms with Gasteiger partial charge in [-0.15, -0.1) is 0 Å². The summed E-state index contributed by atoms with van der Waals surface area (Å²) in [6.07, 6.45) is 0. The average Bonchev–Trinajstić information content (AvgIpc) is 2.60. The van der Waals surface area contributed by atoms with Gasteiger partial charge in [-0.05, 0) is 0 Å². The summed E-state index contributed by atoms with van der Waals surface area (Å²) in [4.78, 5) is 0. The Kier molecular flexibility index (Phi) is 87.5. The van der Waals surface area contributed by atoms with Crippen molar-refractivity contribution < 1.29 is 42.1 Å². The summed E-state index contributed by atoms with van der Waals surface area (Å²) in [6.45, 7) is 37.7. The van der Waals surface area contributed by atoms with Crippen molar-refractivity contribution in [1.82, 2.24) is 8.88 Å². The predicted molar refractivity (Wildman–Crippen MR) is 116 cm³/mol. The van der Waals surface area contributed by atoms with Crippen LogP contribution in [0.15, 0.2) is 0 Å². The Morgan fingerprint density at radius 2 is 0.500 bits per heavy atom. The van der Waals surface area contributed by atoms with Crippen molar-refractivity contribution in [3.63, 3.8) is 0 Å².